The van der Waals surface area contributed by atoms with Crippen molar-refractivity contribution in [2.24, 2.45) is 5.73 Å². The van der Waals surface area contributed by atoms with Gasteiger partial charge >= 0.3 is 6.03 Å². The Balaban J connectivity index is 2.14. The highest BCUT2D eigenvalue weighted by molar-refractivity contribution is 7.80. The highest BCUT2D eigenvalue weighted by Crippen LogP contribution is 2.23. The molecule has 0 radical (unpaired) electrons. The Morgan fingerprint density at radius 3 is 2.29 bits per heavy atom. The zero-order chi connectivity index (χ0) is 15.4. The molecule has 0 bridgehead atoms. The van der Waals surface area contributed by atoms with Crippen molar-refractivity contribution >= 4 is 57.8 Å². The molecule has 0 saturated carbocycles. The van der Waals surface area contributed by atoms with Crippen molar-refractivity contribution in [1.29, 1.82) is 0 Å². The summed E-state index contributed by atoms with van der Waals surface area (Å²) in [5.41, 5.74) is 7.20. The van der Waals surface area contributed by atoms with E-state index in [0.717, 1.165) is 0 Å². The predicted molar refractivity (Wildman–Crippen MR) is 91.4 cm³/mol. The van der Waals surface area contributed by atoms with Gasteiger partial charge in [0.05, 0.1) is 5.69 Å². The van der Waals surface area contributed by atoms with Crippen molar-refractivity contribution < 1.29 is 4.79 Å². The summed E-state index contributed by atoms with van der Waals surface area (Å²) in [5, 5.41) is 6.17. The summed E-state index contributed by atoms with van der Waals surface area (Å²) in [6.45, 7) is 0. The van der Waals surface area contributed by atoms with Crippen molar-refractivity contribution in [3.05, 3.63) is 58.1 Å². The first-order valence-electron chi connectivity index (χ1n) is 5.88. The van der Waals surface area contributed by atoms with Crippen molar-refractivity contribution in [2.75, 3.05) is 10.6 Å². The number of carbonyl (C=O) groups excluding carboxylic acids is 1. The second kappa shape index (κ2) is 6.76. The van der Waals surface area contributed by atoms with E-state index in [0.29, 0.717) is 27.0 Å². The summed E-state index contributed by atoms with van der Waals surface area (Å²) >= 11 is 16.7. The third-order valence-electron chi connectivity index (χ3n) is 2.56. The van der Waals surface area contributed by atoms with Gasteiger partial charge < -0.3 is 16.4 Å². The molecule has 0 aliphatic rings. The predicted octanol–water partition coefficient (Wildman–Crippen LogP) is 4.27. The maximum Gasteiger partial charge on any atom is 0.323 e. The summed E-state index contributed by atoms with van der Waals surface area (Å²) in [6, 6.07) is 11.3. The van der Waals surface area contributed by atoms with Crippen LogP contribution in [0.3, 0.4) is 0 Å². The largest absolute Gasteiger partial charge is 0.389 e. The van der Waals surface area contributed by atoms with E-state index in [-0.39, 0.29) is 4.99 Å². The van der Waals surface area contributed by atoms with Crippen LogP contribution in [0, 0.1) is 0 Å². The topological polar surface area (TPSA) is 67.1 Å². The van der Waals surface area contributed by atoms with Crippen LogP contribution < -0.4 is 16.4 Å². The zero-order valence-corrected chi connectivity index (χ0v) is 13.0. The minimum atomic E-state index is -0.447. The molecule has 0 fully saturated rings. The van der Waals surface area contributed by atoms with Gasteiger partial charge in [-0.15, -0.1) is 0 Å². The molecular weight excluding hydrogens is 329 g/mol. The lowest BCUT2D eigenvalue weighted by atomic mass is 10.2. The number of amides is 2. The molecule has 0 unspecified atom stereocenters. The first-order chi connectivity index (χ1) is 9.95. The Bertz CT molecular complexity index is 686. The van der Waals surface area contributed by atoms with Gasteiger partial charge in [0.15, 0.2) is 0 Å². The quantitative estimate of drug-likeness (QED) is 0.731. The molecule has 0 aliphatic carbocycles. The SMILES string of the molecule is NC(=S)c1ccccc1NC(=O)Nc1cc(Cl)cc(Cl)c1. The molecule has 0 aliphatic heterocycles. The van der Waals surface area contributed by atoms with Gasteiger partial charge in [-0.3, -0.25) is 0 Å². The van der Waals surface area contributed by atoms with E-state index in [9.17, 15) is 4.79 Å². The molecule has 4 nitrogen and oxygen atoms in total. The van der Waals surface area contributed by atoms with Crippen LogP contribution in [-0.4, -0.2) is 11.0 Å². The zero-order valence-electron chi connectivity index (χ0n) is 10.7. The van der Waals surface area contributed by atoms with Crippen LogP contribution in [0.5, 0.6) is 0 Å². The fraction of sp³-hybridized carbons (Fsp3) is 0. The van der Waals surface area contributed by atoms with E-state index in [2.05, 4.69) is 10.6 Å². The molecule has 0 heterocycles. The van der Waals surface area contributed by atoms with Gasteiger partial charge in [-0.05, 0) is 30.3 Å². The fourth-order valence-electron chi connectivity index (χ4n) is 1.72. The van der Waals surface area contributed by atoms with Gasteiger partial charge in [-0.25, -0.2) is 4.79 Å². The van der Waals surface area contributed by atoms with Gasteiger partial charge in [0.2, 0.25) is 0 Å². The molecule has 0 saturated heterocycles. The summed E-state index contributed by atoms with van der Waals surface area (Å²) in [7, 11) is 0. The minimum absolute atomic E-state index is 0.205. The first kappa shape index (κ1) is 15.6. The van der Waals surface area contributed by atoms with E-state index < -0.39 is 6.03 Å². The Labute approximate surface area is 137 Å². The highest BCUT2D eigenvalue weighted by Gasteiger charge is 2.09. The van der Waals surface area contributed by atoms with Gasteiger partial charge in [0, 0.05) is 21.3 Å². The number of benzene rings is 2. The average Bonchev–Trinajstić information content (AvgIpc) is 2.37. The molecule has 4 N–H and O–H groups in total. The number of hydrogen-bond acceptors (Lipinski definition) is 2. The van der Waals surface area contributed by atoms with Gasteiger partial charge in [0.1, 0.15) is 4.99 Å². The highest BCUT2D eigenvalue weighted by atomic mass is 35.5. The molecule has 0 spiro atoms. The van der Waals surface area contributed by atoms with Crippen molar-refractivity contribution in [3.63, 3.8) is 0 Å². The molecule has 7 heteroatoms. The third kappa shape index (κ3) is 4.32. The van der Waals surface area contributed by atoms with Crippen LogP contribution >= 0.6 is 35.4 Å². The summed E-state index contributed by atoms with van der Waals surface area (Å²) in [4.78, 5) is 12.2. The number of nitrogens with two attached hydrogens (primary N) is 1. The lowest BCUT2D eigenvalue weighted by Crippen LogP contribution is -2.22. The van der Waals surface area contributed by atoms with Crippen molar-refractivity contribution in [3.8, 4) is 0 Å². The standard InChI is InChI=1S/C14H11Cl2N3OS/c15-8-5-9(16)7-10(6-8)18-14(20)19-12-4-2-1-3-11(12)13(17)21/h1-7H,(H2,17,21)(H2,18,19,20). The normalized spacial score (nSPS) is 10.0. The number of rotatable bonds is 3. The van der Waals surface area contributed by atoms with Gasteiger partial charge in [-0.1, -0.05) is 47.6 Å². The molecular formula is C14H11Cl2N3OS. The van der Waals surface area contributed by atoms with Crippen molar-refractivity contribution in [2.45, 2.75) is 0 Å². The molecule has 2 rings (SSSR count). The number of carbonyl (C=O) groups is 1. The number of para-hydroxylation sites is 1. The van der Waals surface area contributed by atoms with Gasteiger partial charge in [-0.2, -0.15) is 0 Å². The molecule has 2 aromatic carbocycles. The minimum Gasteiger partial charge on any atom is -0.389 e. The Morgan fingerprint density at radius 1 is 1.05 bits per heavy atom. The van der Waals surface area contributed by atoms with Crippen LogP contribution in [0.4, 0.5) is 16.2 Å². The average molecular weight is 340 g/mol. The van der Waals surface area contributed by atoms with Crippen LogP contribution in [0.25, 0.3) is 0 Å². The van der Waals surface area contributed by atoms with E-state index in [1.807, 2.05) is 0 Å². The number of nitrogens with one attached hydrogen (secondary N) is 2. The summed E-state index contributed by atoms with van der Waals surface area (Å²) < 4.78 is 0. The smallest absolute Gasteiger partial charge is 0.323 e. The van der Waals surface area contributed by atoms with E-state index in [1.165, 1.54) is 0 Å². The van der Waals surface area contributed by atoms with Crippen LogP contribution in [-0.2, 0) is 0 Å². The second-order valence-electron chi connectivity index (χ2n) is 4.15. The van der Waals surface area contributed by atoms with Gasteiger partial charge in [0.25, 0.3) is 0 Å². The molecule has 0 aromatic heterocycles. The lowest BCUT2D eigenvalue weighted by molar-refractivity contribution is 0.262. The molecule has 0 atom stereocenters. The second-order valence-corrected chi connectivity index (χ2v) is 5.46. The Hall–Kier alpha value is -1.82. The van der Waals surface area contributed by atoms with E-state index in [4.69, 9.17) is 41.2 Å². The summed E-state index contributed by atoms with van der Waals surface area (Å²) in [6.07, 6.45) is 0. The number of hydrogen-bond donors (Lipinski definition) is 3. The van der Waals surface area contributed by atoms with E-state index in [1.54, 1.807) is 42.5 Å². The van der Waals surface area contributed by atoms with Crippen molar-refractivity contribution in [1.82, 2.24) is 0 Å². The number of anilines is 2. The number of halogens is 2. The maximum absolute atomic E-state index is 12.0. The number of thiocarbonyl (C=S) groups is 1. The fourth-order valence-corrected chi connectivity index (χ4v) is 2.42. The van der Waals surface area contributed by atoms with Crippen LogP contribution in [0.2, 0.25) is 10.0 Å². The third-order valence-corrected chi connectivity index (χ3v) is 3.22. The molecule has 21 heavy (non-hydrogen) atoms. The Morgan fingerprint density at radius 2 is 1.67 bits per heavy atom. The van der Waals surface area contributed by atoms with Crippen LogP contribution in [0.15, 0.2) is 42.5 Å². The maximum atomic E-state index is 12.0. The Kier molecular flexibility index (Phi) is 5.01. The molecule has 108 valence electrons. The molecule has 2 amide bonds. The van der Waals surface area contributed by atoms with Crippen LogP contribution in [0.1, 0.15) is 5.56 Å². The van der Waals surface area contributed by atoms with E-state index >= 15 is 0 Å². The number of urea groups is 1. The lowest BCUT2D eigenvalue weighted by Gasteiger charge is -2.11. The first-order valence-corrected chi connectivity index (χ1v) is 7.05. The monoisotopic (exact) mass is 339 g/mol. The summed E-state index contributed by atoms with van der Waals surface area (Å²) in [5.74, 6) is 0. The molecule has 2 aromatic rings.